The largest absolute Gasteiger partial charge is 0.460 e. The Bertz CT molecular complexity index is 819. The van der Waals surface area contributed by atoms with Crippen LogP contribution in [-0.4, -0.2) is 43.2 Å². The maximum Gasteiger partial charge on any atom is 0.217 e. The quantitative estimate of drug-likeness (QED) is 0.822. The van der Waals surface area contributed by atoms with Crippen molar-refractivity contribution in [2.75, 3.05) is 20.2 Å². The third kappa shape index (κ3) is 4.27. The number of carbonyl (C=O) groups is 1. The number of halogens is 1. The summed E-state index contributed by atoms with van der Waals surface area (Å²) >= 11 is 5.97. The minimum atomic E-state index is 0.0191. The Labute approximate surface area is 171 Å². The number of carbonyl (C=O) groups excluding carboxylic acids is 1. The number of hydrogen-bond acceptors (Lipinski definition) is 4. The van der Waals surface area contributed by atoms with Crippen LogP contribution in [0.5, 0.6) is 0 Å². The number of furan rings is 1. The molecule has 1 aliphatic carbocycles. The minimum Gasteiger partial charge on any atom is -0.460 e. The second-order valence-electron chi connectivity index (χ2n) is 8.04. The van der Waals surface area contributed by atoms with Crippen molar-refractivity contribution in [2.24, 2.45) is 11.8 Å². The minimum absolute atomic E-state index is 0.0191. The van der Waals surface area contributed by atoms with Crippen molar-refractivity contribution >= 4 is 17.5 Å². The van der Waals surface area contributed by atoms with E-state index in [1.165, 1.54) is 0 Å². The summed E-state index contributed by atoms with van der Waals surface area (Å²) in [6, 6.07) is 11.9. The van der Waals surface area contributed by atoms with Crippen LogP contribution < -0.4 is 5.32 Å². The van der Waals surface area contributed by atoms with Gasteiger partial charge in [0, 0.05) is 37.7 Å². The molecule has 1 N–H and O–H groups in total. The van der Waals surface area contributed by atoms with Crippen LogP contribution in [0.4, 0.5) is 0 Å². The molecule has 150 valence electrons. The molecule has 1 aliphatic heterocycles. The fourth-order valence-electron chi connectivity index (χ4n) is 4.77. The summed E-state index contributed by atoms with van der Waals surface area (Å²) in [5.41, 5.74) is 1.03. The van der Waals surface area contributed by atoms with Crippen molar-refractivity contribution in [1.29, 1.82) is 0 Å². The van der Waals surface area contributed by atoms with E-state index in [1.54, 1.807) is 14.0 Å². The number of methoxy groups -OCH3 is 1. The molecule has 2 aromatic rings. The fraction of sp³-hybridized carbons (Fsp3) is 0.500. The molecule has 5 nitrogen and oxygen atoms in total. The molecule has 2 heterocycles. The van der Waals surface area contributed by atoms with Gasteiger partial charge in [0.2, 0.25) is 5.91 Å². The normalized spacial score (nSPS) is 27.5. The Kier molecular flexibility index (Phi) is 5.76. The maximum absolute atomic E-state index is 11.5. The number of amides is 1. The number of rotatable bonds is 5. The summed E-state index contributed by atoms with van der Waals surface area (Å²) in [6.07, 6.45) is 2.08. The van der Waals surface area contributed by atoms with E-state index in [0.29, 0.717) is 11.8 Å². The van der Waals surface area contributed by atoms with E-state index in [4.69, 9.17) is 20.8 Å². The lowest BCUT2D eigenvalue weighted by Gasteiger charge is -2.37. The van der Waals surface area contributed by atoms with Crippen LogP contribution in [0, 0.1) is 11.8 Å². The van der Waals surface area contributed by atoms with Crippen molar-refractivity contribution in [1.82, 2.24) is 10.2 Å². The van der Waals surface area contributed by atoms with Gasteiger partial charge in [0.25, 0.3) is 0 Å². The highest BCUT2D eigenvalue weighted by atomic mass is 35.5. The first-order valence-corrected chi connectivity index (χ1v) is 10.3. The molecule has 2 aliphatic rings. The zero-order valence-corrected chi connectivity index (χ0v) is 17.1. The van der Waals surface area contributed by atoms with Crippen LogP contribution in [0.3, 0.4) is 0 Å². The van der Waals surface area contributed by atoms with E-state index in [1.807, 2.05) is 30.3 Å². The second kappa shape index (κ2) is 8.27. The molecule has 1 aromatic carbocycles. The van der Waals surface area contributed by atoms with Gasteiger partial charge in [-0.15, -0.1) is 0 Å². The average molecular weight is 403 g/mol. The van der Waals surface area contributed by atoms with Crippen molar-refractivity contribution in [2.45, 2.75) is 38.5 Å². The Morgan fingerprint density at radius 2 is 1.89 bits per heavy atom. The van der Waals surface area contributed by atoms with Crippen molar-refractivity contribution in [3.8, 4) is 11.3 Å². The molecular weight excluding hydrogens is 376 g/mol. The van der Waals surface area contributed by atoms with Crippen molar-refractivity contribution in [3.63, 3.8) is 0 Å². The molecule has 0 unspecified atom stereocenters. The van der Waals surface area contributed by atoms with Crippen LogP contribution in [0.25, 0.3) is 11.3 Å². The Hall–Kier alpha value is -1.82. The lowest BCUT2D eigenvalue weighted by molar-refractivity contribution is -0.121. The summed E-state index contributed by atoms with van der Waals surface area (Å²) in [5, 5.41) is 3.80. The van der Waals surface area contributed by atoms with Crippen LogP contribution >= 0.6 is 11.6 Å². The van der Waals surface area contributed by atoms with Gasteiger partial charge in [0.1, 0.15) is 11.5 Å². The predicted octanol–water partition coefficient (Wildman–Crippen LogP) is 3.96. The lowest BCUT2D eigenvalue weighted by Crippen LogP contribution is -2.49. The molecule has 6 heteroatoms. The van der Waals surface area contributed by atoms with Gasteiger partial charge in [0.15, 0.2) is 0 Å². The molecule has 1 amide bonds. The lowest BCUT2D eigenvalue weighted by atomic mass is 9.77. The standard InChI is InChI=1S/C22H27ClN2O3/c1-14(26)24-20-9-16-11-25(12-17(16)10-22(20)27-2)13-19-7-8-21(28-19)15-3-5-18(23)6-4-15/h3-8,16-17,20,22H,9-13H2,1-2H3,(H,24,26)/t16-,17+,20-,22-/m1/s1. The number of hydrogen-bond donors (Lipinski definition) is 1. The highest BCUT2D eigenvalue weighted by Crippen LogP contribution is 2.38. The topological polar surface area (TPSA) is 54.7 Å². The van der Waals surface area contributed by atoms with Gasteiger partial charge in [-0.25, -0.2) is 0 Å². The number of ether oxygens (including phenoxy) is 1. The summed E-state index contributed by atoms with van der Waals surface area (Å²) in [4.78, 5) is 14.0. The molecule has 4 atom stereocenters. The molecule has 0 spiro atoms. The Morgan fingerprint density at radius 3 is 2.57 bits per heavy atom. The first kappa shape index (κ1) is 19.5. The monoisotopic (exact) mass is 402 g/mol. The van der Waals surface area contributed by atoms with Crippen molar-refractivity contribution < 1.29 is 13.9 Å². The fourth-order valence-corrected chi connectivity index (χ4v) is 4.89. The van der Waals surface area contributed by atoms with E-state index in [9.17, 15) is 4.79 Å². The van der Waals surface area contributed by atoms with E-state index in [0.717, 1.165) is 54.6 Å². The van der Waals surface area contributed by atoms with E-state index >= 15 is 0 Å². The summed E-state index contributed by atoms with van der Waals surface area (Å²) in [6.45, 7) is 4.47. The third-order valence-corrected chi connectivity index (χ3v) is 6.31. The molecule has 1 saturated carbocycles. The first-order valence-electron chi connectivity index (χ1n) is 9.88. The summed E-state index contributed by atoms with van der Waals surface area (Å²) in [5.74, 6) is 3.07. The number of nitrogens with zero attached hydrogens (tertiary/aromatic N) is 1. The van der Waals surface area contributed by atoms with E-state index in [2.05, 4.69) is 16.3 Å². The predicted molar refractivity (Wildman–Crippen MR) is 109 cm³/mol. The highest BCUT2D eigenvalue weighted by molar-refractivity contribution is 6.30. The van der Waals surface area contributed by atoms with E-state index in [-0.39, 0.29) is 18.1 Å². The number of fused-ring (bicyclic) bond motifs is 1. The number of benzene rings is 1. The van der Waals surface area contributed by atoms with Crippen LogP contribution in [0.1, 0.15) is 25.5 Å². The highest BCUT2D eigenvalue weighted by Gasteiger charge is 2.42. The number of nitrogens with one attached hydrogen (secondary N) is 1. The number of likely N-dealkylation sites (tertiary alicyclic amines) is 1. The van der Waals surface area contributed by atoms with Gasteiger partial charge in [-0.2, -0.15) is 0 Å². The molecule has 0 bridgehead atoms. The zero-order valence-electron chi connectivity index (χ0n) is 16.4. The summed E-state index contributed by atoms with van der Waals surface area (Å²) in [7, 11) is 1.74. The molecule has 0 radical (unpaired) electrons. The Balaban J connectivity index is 1.38. The Morgan fingerprint density at radius 1 is 1.18 bits per heavy atom. The van der Waals surface area contributed by atoms with Gasteiger partial charge in [0.05, 0.1) is 18.7 Å². The van der Waals surface area contributed by atoms with Gasteiger partial charge >= 0.3 is 0 Å². The zero-order chi connectivity index (χ0) is 19.7. The third-order valence-electron chi connectivity index (χ3n) is 6.05. The van der Waals surface area contributed by atoms with Crippen LogP contribution in [0.2, 0.25) is 5.02 Å². The van der Waals surface area contributed by atoms with Crippen LogP contribution in [0.15, 0.2) is 40.8 Å². The van der Waals surface area contributed by atoms with Crippen LogP contribution in [-0.2, 0) is 16.1 Å². The first-order chi connectivity index (χ1) is 13.5. The van der Waals surface area contributed by atoms with Gasteiger partial charge in [-0.05, 0) is 61.1 Å². The molecule has 28 heavy (non-hydrogen) atoms. The second-order valence-corrected chi connectivity index (χ2v) is 8.48. The summed E-state index contributed by atoms with van der Waals surface area (Å²) < 4.78 is 11.7. The molecular formula is C22H27ClN2O3. The van der Waals surface area contributed by atoms with Gasteiger partial charge < -0.3 is 14.5 Å². The molecule has 4 rings (SSSR count). The average Bonchev–Trinajstić information content (AvgIpc) is 3.27. The van der Waals surface area contributed by atoms with Gasteiger partial charge in [-0.1, -0.05) is 11.6 Å². The maximum atomic E-state index is 11.5. The van der Waals surface area contributed by atoms with Gasteiger partial charge in [-0.3, -0.25) is 9.69 Å². The SMILES string of the molecule is CO[C@@H]1C[C@H]2CN(Cc3ccc(-c4ccc(Cl)cc4)o3)C[C@H]2C[C@H]1NC(C)=O. The van der Waals surface area contributed by atoms with E-state index < -0.39 is 0 Å². The molecule has 1 aromatic heterocycles. The molecule has 1 saturated heterocycles. The van der Waals surface area contributed by atoms with Crippen molar-refractivity contribution in [3.05, 3.63) is 47.2 Å². The molecule has 2 fully saturated rings. The smallest absolute Gasteiger partial charge is 0.217 e.